The van der Waals surface area contributed by atoms with Gasteiger partial charge < -0.3 is 4.42 Å². The third-order valence-electron chi connectivity index (χ3n) is 3.97. The van der Waals surface area contributed by atoms with Gasteiger partial charge in [-0.3, -0.25) is 9.69 Å². The number of hydrogen-bond donors (Lipinski definition) is 0. The van der Waals surface area contributed by atoms with Crippen LogP contribution in [0.15, 0.2) is 65.3 Å². The molecule has 2 aromatic carbocycles. The zero-order chi connectivity index (χ0) is 18.8. The van der Waals surface area contributed by atoms with E-state index in [1.165, 1.54) is 34.6 Å². The number of carbonyl (C=O) groups is 1. The first kappa shape index (κ1) is 16.9. The molecule has 0 atom stereocenters. The number of aromatic nitrogens is 1. The lowest BCUT2D eigenvalue weighted by Crippen LogP contribution is -2.30. The number of nitriles is 1. The fourth-order valence-corrected chi connectivity index (χ4v) is 3.62. The second kappa shape index (κ2) is 7.02. The van der Waals surface area contributed by atoms with Gasteiger partial charge in [-0.2, -0.15) is 5.26 Å². The minimum atomic E-state index is -0.353. The summed E-state index contributed by atoms with van der Waals surface area (Å²) in [5.74, 6) is -0.0356. The average Bonchev–Trinajstić information content (AvgIpc) is 3.34. The van der Waals surface area contributed by atoms with E-state index in [0.717, 1.165) is 0 Å². The Morgan fingerprint density at radius 2 is 2.04 bits per heavy atom. The van der Waals surface area contributed by atoms with E-state index in [4.69, 9.17) is 9.68 Å². The van der Waals surface area contributed by atoms with Crippen LogP contribution in [-0.4, -0.2) is 10.9 Å². The molecule has 132 valence electrons. The van der Waals surface area contributed by atoms with Crippen molar-refractivity contribution in [1.82, 2.24) is 4.98 Å². The molecule has 0 saturated carbocycles. The number of anilines is 1. The Hall–Kier alpha value is -3.50. The molecule has 0 N–H and O–H groups in total. The number of hydrogen-bond acceptors (Lipinski definition) is 5. The molecule has 0 fully saturated rings. The number of furan rings is 1. The Morgan fingerprint density at radius 1 is 1.22 bits per heavy atom. The van der Waals surface area contributed by atoms with E-state index in [1.807, 2.05) is 6.07 Å². The Labute approximate surface area is 157 Å². The maximum atomic E-state index is 13.5. The first-order chi connectivity index (χ1) is 13.1. The zero-order valence-electron chi connectivity index (χ0n) is 13.9. The van der Waals surface area contributed by atoms with Gasteiger partial charge in [0.25, 0.3) is 5.91 Å². The number of fused-ring (bicyclic) bond motifs is 1. The van der Waals surface area contributed by atoms with Crippen LogP contribution >= 0.6 is 11.3 Å². The number of rotatable bonds is 4. The molecule has 27 heavy (non-hydrogen) atoms. The summed E-state index contributed by atoms with van der Waals surface area (Å²) in [7, 11) is 0. The molecule has 5 nitrogen and oxygen atoms in total. The van der Waals surface area contributed by atoms with Crippen LogP contribution in [0.4, 0.5) is 9.52 Å². The minimum Gasteiger partial charge on any atom is -0.467 e. The van der Waals surface area contributed by atoms with Crippen molar-refractivity contribution in [2.75, 3.05) is 4.90 Å². The molecule has 7 heteroatoms. The summed E-state index contributed by atoms with van der Waals surface area (Å²) in [4.78, 5) is 19.1. The van der Waals surface area contributed by atoms with Crippen LogP contribution < -0.4 is 4.90 Å². The normalized spacial score (nSPS) is 10.7. The monoisotopic (exact) mass is 377 g/mol. The maximum Gasteiger partial charge on any atom is 0.260 e. The summed E-state index contributed by atoms with van der Waals surface area (Å²) in [6.07, 6.45) is 1.54. The van der Waals surface area contributed by atoms with Gasteiger partial charge >= 0.3 is 0 Å². The molecular formula is C20H12FN3O2S. The molecule has 0 unspecified atom stereocenters. The lowest BCUT2D eigenvalue weighted by molar-refractivity contribution is 0.0983. The molecule has 2 heterocycles. The highest BCUT2D eigenvalue weighted by Gasteiger charge is 2.23. The molecule has 0 aliphatic rings. The summed E-state index contributed by atoms with van der Waals surface area (Å²) in [6, 6.07) is 16.2. The van der Waals surface area contributed by atoms with Crippen molar-refractivity contribution < 1.29 is 13.6 Å². The summed E-state index contributed by atoms with van der Waals surface area (Å²) >= 11 is 1.23. The van der Waals surface area contributed by atoms with Gasteiger partial charge in [-0.1, -0.05) is 11.3 Å². The SMILES string of the molecule is N#Cc1ccc(C(=O)N(Cc2ccco2)c2nc3ccc(F)cc3s2)cc1. The largest absolute Gasteiger partial charge is 0.467 e. The Balaban J connectivity index is 1.75. The molecule has 0 bridgehead atoms. The van der Waals surface area contributed by atoms with E-state index < -0.39 is 0 Å². The van der Waals surface area contributed by atoms with Crippen molar-refractivity contribution in [1.29, 1.82) is 5.26 Å². The van der Waals surface area contributed by atoms with Gasteiger partial charge in [0, 0.05) is 5.56 Å². The van der Waals surface area contributed by atoms with Gasteiger partial charge in [0.15, 0.2) is 5.13 Å². The van der Waals surface area contributed by atoms with Crippen LogP contribution in [0.5, 0.6) is 0 Å². The number of nitrogens with zero attached hydrogens (tertiary/aromatic N) is 3. The van der Waals surface area contributed by atoms with E-state index in [1.54, 1.807) is 42.5 Å². The highest BCUT2D eigenvalue weighted by molar-refractivity contribution is 7.22. The van der Waals surface area contributed by atoms with E-state index in [9.17, 15) is 9.18 Å². The molecule has 1 amide bonds. The first-order valence-electron chi connectivity index (χ1n) is 8.04. The van der Waals surface area contributed by atoms with Gasteiger partial charge in [-0.15, -0.1) is 0 Å². The smallest absolute Gasteiger partial charge is 0.260 e. The van der Waals surface area contributed by atoms with Crippen LogP contribution in [0, 0.1) is 17.1 Å². The van der Waals surface area contributed by atoms with Gasteiger partial charge in [0.2, 0.25) is 0 Å². The lowest BCUT2D eigenvalue weighted by atomic mass is 10.1. The number of amides is 1. The Morgan fingerprint density at radius 3 is 2.74 bits per heavy atom. The van der Waals surface area contributed by atoms with Crippen molar-refractivity contribution in [3.63, 3.8) is 0 Å². The lowest BCUT2D eigenvalue weighted by Gasteiger charge is -2.18. The summed E-state index contributed by atoms with van der Waals surface area (Å²) in [6.45, 7) is 0.189. The molecule has 2 aromatic heterocycles. The Kier molecular flexibility index (Phi) is 4.40. The van der Waals surface area contributed by atoms with Crippen molar-refractivity contribution in [3.8, 4) is 6.07 Å². The molecule has 0 radical (unpaired) electrons. The zero-order valence-corrected chi connectivity index (χ0v) is 14.7. The van der Waals surface area contributed by atoms with E-state index in [2.05, 4.69) is 4.98 Å². The van der Waals surface area contributed by atoms with Gasteiger partial charge in [0.1, 0.15) is 11.6 Å². The van der Waals surface area contributed by atoms with Gasteiger partial charge in [-0.25, -0.2) is 9.37 Å². The molecular weight excluding hydrogens is 365 g/mol. The summed E-state index contributed by atoms with van der Waals surface area (Å²) in [5.41, 5.74) is 1.51. The average molecular weight is 377 g/mol. The molecule has 0 saturated heterocycles. The third kappa shape index (κ3) is 3.43. The quantitative estimate of drug-likeness (QED) is 0.515. The van der Waals surface area contributed by atoms with Crippen molar-refractivity contribution >= 4 is 32.6 Å². The first-order valence-corrected chi connectivity index (χ1v) is 8.86. The molecule has 0 spiro atoms. The molecule has 4 rings (SSSR count). The van der Waals surface area contributed by atoms with E-state index in [-0.39, 0.29) is 18.3 Å². The maximum absolute atomic E-state index is 13.5. The molecule has 0 aliphatic carbocycles. The standard InChI is InChI=1S/C20H12FN3O2S/c21-15-7-8-17-18(10-15)27-20(23-17)24(12-16-2-1-9-26-16)19(25)14-5-3-13(11-22)4-6-14/h1-10H,12H2. The predicted molar refractivity (Wildman–Crippen MR) is 100.0 cm³/mol. The van der Waals surface area contributed by atoms with Gasteiger partial charge in [-0.05, 0) is 54.6 Å². The number of thiazole rings is 1. The Bertz CT molecular complexity index is 1140. The molecule has 4 aromatic rings. The number of halogens is 1. The predicted octanol–water partition coefficient (Wildman–Crippen LogP) is 4.75. The number of benzene rings is 2. The fourth-order valence-electron chi connectivity index (χ4n) is 2.63. The third-order valence-corrected chi connectivity index (χ3v) is 5.01. The topological polar surface area (TPSA) is 70.1 Å². The molecule has 0 aliphatic heterocycles. The van der Waals surface area contributed by atoms with Crippen LogP contribution in [0.3, 0.4) is 0 Å². The summed E-state index contributed by atoms with van der Waals surface area (Å²) in [5, 5.41) is 9.38. The van der Waals surface area contributed by atoms with Crippen LogP contribution in [0.25, 0.3) is 10.2 Å². The summed E-state index contributed by atoms with van der Waals surface area (Å²) < 4.78 is 19.5. The highest BCUT2D eigenvalue weighted by atomic mass is 32.1. The van der Waals surface area contributed by atoms with E-state index >= 15 is 0 Å². The van der Waals surface area contributed by atoms with Crippen molar-refractivity contribution in [2.45, 2.75) is 6.54 Å². The van der Waals surface area contributed by atoms with Crippen LogP contribution in [0.2, 0.25) is 0 Å². The highest BCUT2D eigenvalue weighted by Crippen LogP contribution is 2.31. The van der Waals surface area contributed by atoms with E-state index in [0.29, 0.717) is 32.2 Å². The minimum absolute atomic E-state index is 0.189. The second-order valence-electron chi connectivity index (χ2n) is 5.77. The van der Waals surface area contributed by atoms with Crippen molar-refractivity contribution in [2.24, 2.45) is 0 Å². The second-order valence-corrected chi connectivity index (χ2v) is 6.78. The fraction of sp³-hybridized carbons (Fsp3) is 0.0500. The number of carbonyl (C=O) groups excluding carboxylic acids is 1. The van der Waals surface area contributed by atoms with Crippen LogP contribution in [-0.2, 0) is 6.54 Å². The van der Waals surface area contributed by atoms with Gasteiger partial charge in [0.05, 0.1) is 34.7 Å². The van der Waals surface area contributed by atoms with Crippen molar-refractivity contribution in [3.05, 3.63) is 83.6 Å². The van der Waals surface area contributed by atoms with Crippen LogP contribution in [0.1, 0.15) is 21.7 Å².